The van der Waals surface area contributed by atoms with Gasteiger partial charge in [0.25, 0.3) is 0 Å². The fraction of sp³-hybridized carbons (Fsp3) is 0.769. The highest BCUT2D eigenvalue weighted by Gasteiger charge is 2.51. The standard InChI is InChI=1S/C13H21NO2S/c1-12(2,3)16-11(15)14-8-7-9-5-6-10(17)13(9,14)4/h5,10,17H,6-8H2,1-4H3/t10-,13?/m1/s1. The minimum Gasteiger partial charge on any atom is -0.444 e. The van der Waals surface area contributed by atoms with E-state index < -0.39 is 5.60 Å². The molecule has 1 aliphatic heterocycles. The van der Waals surface area contributed by atoms with Gasteiger partial charge in [-0.2, -0.15) is 12.6 Å². The van der Waals surface area contributed by atoms with E-state index >= 15 is 0 Å². The molecule has 17 heavy (non-hydrogen) atoms. The number of hydrogen-bond acceptors (Lipinski definition) is 3. The summed E-state index contributed by atoms with van der Waals surface area (Å²) in [5.74, 6) is 0. The van der Waals surface area contributed by atoms with Crippen LogP contribution in [0.5, 0.6) is 0 Å². The molecule has 2 aliphatic rings. The molecular weight excluding hydrogens is 234 g/mol. The Morgan fingerprint density at radius 1 is 1.59 bits per heavy atom. The smallest absolute Gasteiger partial charge is 0.411 e. The zero-order chi connectivity index (χ0) is 12.8. The van der Waals surface area contributed by atoms with Crippen LogP contribution in [0, 0.1) is 0 Å². The van der Waals surface area contributed by atoms with E-state index in [0.29, 0.717) is 0 Å². The van der Waals surface area contributed by atoms with Gasteiger partial charge < -0.3 is 4.74 Å². The van der Waals surface area contributed by atoms with Gasteiger partial charge in [0.1, 0.15) is 5.60 Å². The number of carbonyl (C=O) groups excluding carboxylic acids is 1. The Balaban J connectivity index is 2.18. The number of allylic oxidation sites excluding steroid dienone is 1. The molecule has 96 valence electrons. The van der Waals surface area contributed by atoms with Crippen molar-refractivity contribution in [2.45, 2.75) is 56.9 Å². The molecule has 1 heterocycles. The lowest BCUT2D eigenvalue weighted by Gasteiger charge is -2.38. The summed E-state index contributed by atoms with van der Waals surface area (Å²) >= 11 is 4.62. The van der Waals surface area contributed by atoms with Gasteiger partial charge in [-0.05, 0) is 46.1 Å². The molecule has 2 rings (SSSR count). The topological polar surface area (TPSA) is 29.5 Å². The van der Waals surface area contributed by atoms with Crippen LogP contribution in [0.25, 0.3) is 0 Å². The third-order valence-electron chi connectivity index (χ3n) is 3.67. The zero-order valence-corrected chi connectivity index (χ0v) is 11.9. The third kappa shape index (κ3) is 2.07. The molecule has 0 bridgehead atoms. The molecular formula is C13H21NO2S. The number of hydrogen-bond donors (Lipinski definition) is 1. The average molecular weight is 255 g/mol. The second-order valence-corrected chi connectivity index (χ2v) is 6.63. The van der Waals surface area contributed by atoms with E-state index in [2.05, 4.69) is 25.6 Å². The van der Waals surface area contributed by atoms with E-state index in [1.807, 2.05) is 25.7 Å². The van der Waals surface area contributed by atoms with Gasteiger partial charge in [0.15, 0.2) is 0 Å². The van der Waals surface area contributed by atoms with Crippen molar-refractivity contribution < 1.29 is 9.53 Å². The number of ether oxygens (including phenoxy) is 1. The van der Waals surface area contributed by atoms with Crippen molar-refractivity contribution in [3.05, 3.63) is 11.6 Å². The molecule has 0 spiro atoms. The molecule has 0 N–H and O–H groups in total. The molecule has 0 aromatic carbocycles. The first-order valence-electron chi connectivity index (χ1n) is 6.13. The van der Waals surface area contributed by atoms with Crippen LogP contribution in [0.1, 0.15) is 40.5 Å². The van der Waals surface area contributed by atoms with E-state index in [1.165, 1.54) is 5.57 Å². The van der Waals surface area contributed by atoms with Crippen LogP contribution in [0.15, 0.2) is 11.6 Å². The summed E-state index contributed by atoms with van der Waals surface area (Å²) in [6.45, 7) is 8.53. The van der Waals surface area contributed by atoms with E-state index in [1.54, 1.807) is 0 Å². The van der Waals surface area contributed by atoms with Crippen LogP contribution < -0.4 is 0 Å². The van der Waals surface area contributed by atoms with Crippen molar-refractivity contribution in [3.63, 3.8) is 0 Å². The highest BCUT2D eigenvalue weighted by atomic mass is 32.1. The van der Waals surface area contributed by atoms with Crippen LogP contribution in [0.4, 0.5) is 4.79 Å². The summed E-state index contributed by atoms with van der Waals surface area (Å²) in [5, 5.41) is 0.188. The van der Waals surface area contributed by atoms with Gasteiger partial charge in [0.05, 0.1) is 5.54 Å². The van der Waals surface area contributed by atoms with Crippen LogP contribution in [-0.4, -0.2) is 33.9 Å². The second-order valence-electron chi connectivity index (χ2n) is 6.01. The number of fused-ring (bicyclic) bond motifs is 1. The quantitative estimate of drug-likeness (QED) is 0.532. The molecule has 0 aromatic rings. The van der Waals surface area contributed by atoms with Gasteiger partial charge in [-0.3, -0.25) is 4.90 Å². The van der Waals surface area contributed by atoms with E-state index in [-0.39, 0.29) is 16.9 Å². The summed E-state index contributed by atoms with van der Waals surface area (Å²) < 4.78 is 5.47. The Kier molecular flexibility index (Phi) is 2.97. The zero-order valence-electron chi connectivity index (χ0n) is 11.0. The van der Waals surface area contributed by atoms with Crippen molar-refractivity contribution in [1.82, 2.24) is 4.90 Å². The van der Waals surface area contributed by atoms with E-state index in [9.17, 15) is 4.79 Å². The minimum absolute atomic E-state index is 0.188. The van der Waals surface area contributed by atoms with Gasteiger partial charge in [0, 0.05) is 11.8 Å². The third-order valence-corrected chi connectivity index (χ3v) is 4.38. The predicted octanol–water partition coefficient (Wildman–Crippen LogP) is 3.01. The first-order chi connectivity index (χ1) is 7.75. The maximum Gasteiger partial charge on any atom is 0.411 e. The summed E-state index contributed by atoms with van der Waals surface area (Å²) in [7, 11) is 0. The van der Waals surface area contributed by atoms with Gasteiger partial charge in [-0.15, -0.1) is 0 Å². The molecule has 1 fully saturated rings. The fourth-order valence-corrected chi connectivity index (χ4v) is 3.09. The summed E-state index contributed by atoms with van der Waals surface area (Å²) in [6, 6.07) is 0. The molecule has 0 aromatic heterocycles. The molecule has 3 nitrogen and oxygen atoms in total. The van der Waals surface area contributed by atoms with E-state index in [4.69, 9.17) is 4.74 Å². The fourth-order valence-electron chi connectivity index (χ4n) is 2.67. The highest BCUT2D eigenvalue weighted by molar-refractivity contribution is 7.81. The van der Waals surface area contributed by atoms with E-state index in [0.717, 1.165) is 19.4 Å². The second kappa shape index (κ2) is 3.94. The Morgan fingerprint density at radius 3 is 2.82 bits per heavy atom. The first kappa shape index (κ1) is 12.8. The SMILES string of the molecule is CC(C)(C)OC(=O)N1CCC2=CC[C@@H](S)C21C. The van der Waals surface area contributed by atoms with Crippen LogP contribution >= 0.6 is 12.6 Å². The summed E-state index contributed by atoms with van der Waals surface area (Å²) in [4.78, 5) is 14.0. The maximum atomic E-state index is 12.2. The number of carbonyl (C=O) groups is 1. The van der Waals surface area contributed by atoms with Crippen molar-refractivity contribution in [3.8, 4) is 0 Å². The lowest BCUT2D eigenvalue weighted by Crippen LogP contribution is -2.51. The lowest BCUT2D eigenvalue weighted by molar-refractivity contribution is 0.0144. The highest BCUT2D eigenvalue weighted by Crippen LogP contribution is 2.45. The van der Waals surface area contributed by atoms with Crippen molar-refractivity contribution in [2.75, 3.05) is 6.54 Å². The molecule has 1 unspecified atom stereocenters. The molecule has 1 amide bonds. The van der Waals surface area contributed by atoms with Crippen LogP contribution in [0.2, 0.25) is 0 Å². The largest absolute Gasteiger partial charge is 0.444 e. The van der Waals surface area contributed by atoms with Gasteiger partial charge in [0.2, 0.25) is 0 Å². The number of thiol groups is 1. The molecule has 4 heteroatoms. The monoisotopic (exact) mass is 255 g/mol. The summed E-state index contributed by atoms with van der Waals surface area (Å²) in [5.41, 5.74) is 0.652. The first-order valence-corrected chi connectivity index (χ1v) is 6.65. The Bertz CT molecular complexity index is 372. The average Bonchev–Trinajstić information content (AvgIpc) is 2.62. The number of likely N-dealkylation sites (tertiary alicyclic amines) is 1. The number of nitrogens with zero attached hydrogens (tertiary/aromatic N) is 1. The maximum absolute atomic E-state index is 12.2. The molecule has 0 radical (unpaired) electrons. The summed E-state index contributed by atoms with van der Waals surface area (Å²) in [6.07, 6.45) is 3.90. The van der Waals surface area contributed by atoms with Crippen molar-refractivity contribution in [2.24, 2.45) is 0 Å². The molecule has 2 atom stereocenters. The minimum atomic E-state index is -0.440. The Hall–Kier alpha value is -0.640. The normalized spacial score (nSPS) is 32.4. The van der Waals surface area contributed by atoms with Gasteiger partial charge in [-0.25, -0.2) is 4.79 Å². The Morgan fingerprint density at radius 2 is 2.24 bits per heavy atom. The van der Waals surface area contributed by atoms with Crippen LogP contribution in [0.3, 0.4) is 0 Å². The van der Waals surface area contributed by atoms with Gasteiger partial charge >= 0.3 is 6.09 Å². The lowest BCUT2D eigenvalue weighted by atomic mass is 9.94. The van der Waals surface area contributed by atoms with Gasteiger partial charge in [-0.1, -0.05) is 6.08 Å². The van der Waals surface area contributed by atoms with Crippen molar-refractivity contribution >= 4 is 18.7 Å². The number of rotatable bonds is 0. The molecule has 1 saturated heterocycles. The van der Waals surface area contributed by atoms with Crippen molar-refractivity contribution in [1.29, 1.82) is 0 Å². The Labute approximate surface area is 109 Å². The molecule has 1 aliphatic carbocycles. The van der Waals surface area contributed by atoms with Crippen LogP contribution in [-0.2, 0) is 4.74 Å². The molecule has 0 saturated carbocycles. The predicted molar refractivity (Wildman–Crippen MR) is 71.4 cm³/mol. The number of amides is 1.